The molecule has 2 aromatic heterocycles. The first-order chi connectivity index (χ1) is 32.1. The highest BCUT2D eigenvalue weighted by molar-refractivity contribution is 7.81. The van der Waals surface area contributed by atoms with E-state index in [2.05, 4.69) is 51.9 Å². The Kier molecular flexibility index (Phi) is 19.3. The molecule has 8 rings (SSSR count). The van der Waals surface area contributed by atoms with Crippen LogP contribution in [0.5, 0.6) is 0 Å². The summed E-state index contributed by atoms with van der Waals surface area (Å²) in [5, 5.41) is 12.9. The molecule has 5 saturated heterocycles. The first-order valence-corrected chi connectivity index (χ1v) is 27.7. The summed E-state index contributed by atoms with van der Waals surface area (Å²) in [5.41, 5.74) is 1.34. The second-order valence-corrected chi connectivity index (χ2v) is 21.5. The highest BCUT2D eigenvalue weighted by Crippen LogP contribution is 2.40. The molecule has 1 aliphatic carbocycles. The number of unbranched alkanes of at least 4 members (excludes halogenated alkanes) is 4. The second-order valence-electron chi connectivity index (χ2n) is 19.5. The number of hydroxylamine groups is 4. The maximum atomic E-state index is 12.4. The van der Waals surface area contributed by atoms with Crippen LogP contribution in [0.15, 0.2) is 21.2 Å². The van der Waals surface area contributed by atoms with Gasteiger partial charge in [-0.15, -0.1) is 4.28 Å². The Morgan fingerprint density at radius 3 is 1.48 bits per heavy atom. The lowest BCUT2D eigenvalue weighted by Crippen LogP contribution is -2.50. The third-order valence-corrected chi connectivity index (χ3v) is 15.2. The standard InChI is InChI=1S/C16H36N.C15H21N3O6S.C14H20N4O6S/c1-5-9-13-17(14-10-6-2,15-11-7-3)16-12-8-4;19-15-17-9-11(18(15)24-25(20,21)22)5-7-14(17)13-8-12(23-16-13)6-4-10-2-1-3-10;19-14-17-8-10(18(14)24-25(20,21)22)2-4-13(17)12-5-11(23-16-12)3-1-9-6-15-7-9/h5-16H2,1-4H3;8,10-11,14H,1-7,9H2,(H,20,21,22);5,9-10,13,15H,1-4,6-8H2,(H,20,21,22)/q+1;;/p-1/t;11-,14+;10-,13+/m.11/s1. The van der Waals surface area contributed by atoms with Crippen molar-refractivity contribution in [1.82, 2.24) is 35.6 Å². The maximum absolute atomic E-state index is 12.4. The molecule has 0 aromatic carbocycles. The first kappa shape index (κ1) is 53.0. The molecule has 22 heteroatoms. The van der Waals surface area contributed by atoms with Crippen molar-refractivity contribution in [3.8, 4) is 0 Å². The number of fused-ring (bicyclic) bond motifs is 4. The molecule has 6 aliphatic rings. The van der Waals surface area contributed by atoms with Crippen LogP contribution < -0.4 is 5.32 Å². The van der Waals surface area contributed by atoms with Crippen LogP contribution >= 0.6 is 0 Å². The lowest BCUT2D eigenvalue weighted by Gasteiger charge is -2.39. The van der Waals surface area contributed by atoms with Crippen LogP contribution in [0.4, 0.5) is 9.59 Å². The van der Waals surface area contributed by atoms with Gasteiger partial charge in [0, 0.05) is 38.1 Å². The maximum Gasteiger partial charge on any atom is 0.418 e. The average Bonchev–Trinajstić information content (AvgIpc) is 4.04. The molecule has 4 atom stereocenters. The van der Waals surface area contributed by atoms with Gasteiger partial charge < -0.3 is 33.2 Å². The monoisotopic (exact) mass is 985 g/mol. The van der Waals surface area contributed by atoms with Crippen molar-refractivity contribution < 1.29 is 57.6 Å². The molecule has 7 heterocycles. The quantitative estimate of drug-likeness (QED) is 0.0598. The van der Waals surface area contributed by atoms with E-state index < -0.39 is 44.9 Å². The topological polar surface area (TPSA) is 241 Å². The molecule has 0 unspecified atom stereocenters. The lowest BCUT2D eigenvalue weighted by molar-refractivity contribution is -0.929. The van der Waals surface area contributed by atoms with Crippen molar-refractivity contribution in [3.63, 3.8) is 0 Å². The first-order valence-electron chi connectivity index (χ1n) is 25.0. The SMILES string of the molecule is CCCC[N+](CCCC)(CCCC)CCCC.O=C1N2C[C@@H](CC[C@H]2c2cc(CCC3CCC3)on2)N1OS(=O)(=O)[O-].O=C1N2C[C@@H](CC[C@H]2c2cc(CCC3CNC3)on2)N1OS(=O)(=O)O. The predicted molar refractivity (Wildman–Crippen MR) is 246 cm³/mol. The number of carbonyl (C=O) groups is 2. The molecule has 0 radical (unpaired) electrons. The molecule has 67 heavy (non-hydrogen) atoms. The summed E-state index contributed by atoms with van der Waals surface area (Å²) in [4.78, 5) is 27.8. The molecule has 380 valence electrons. The molecule has 5 aliphatic heterocycles. The van der Waals surface area contributed by atoms with E-state index in [1.165, 1.54) is 111 Å². The summed E-state index contributed by atoms with van der Waals surface area (Å²) in [6.07, 6.45) is 21.0. The van der Waals surface area contributed by atoms with E-state index >= 15 is 0 Å². The van der Waals surface area contributed by atoms with E-state index in [1.54, 1.807) is 0 Å². The fourth-order valence-electron chi connectivity index (χ4n) is 10.2. The lowest BCUT2D eigenvalue weighted by atomic mass is 9.82. The Hall–Kier alpha value is -3.38. The second kappa shape index (κ2) is 24.4. The Morgan fingerprint density at radius 1 is 0.687 bits per heavy atom. The van der Waals surface area contributed by atoms with Crippen LogP contribution in [0, 0.1) is 11.8 Å². The van der Waals surface area contributed by atoms with Gasteiger partial charge in [0.1, 0.15) is 22.9 Å². The number of aromatic nitrogens is 2. The van der Waals surface area contributed by atoms with E-state index in [0.29, 0.717) is 61.1 Å². The molecule has 1 saturated carbocycles. The van der Waals surface area contributed by atoms with Gasteiger partial charge in [-0.05, 0) is 89.1 Å². The van der Waals surface area contributed by atoms with E-state index in [9.17, 15) is 31.0 Å². The number of nitrogens with one attached hydrogen (secondary N) is 1. The van der Waals surface area contributed by atoms with Crippen LogP contribution in [0.2, 0.25) is 0 Å². The molecule has 2 N–H and O–H groups in total. The number of nitrogens with zero attached hydrogens (tertiary/aromatic N) is 7. The Morgan fingerprint density at radius 2 is 1.12 bits per heavy atom. The number of rotatable bonds is 24. The molecular weight excluding hydrogens is 909 g/mol. The van der Waals surface area contributed by atoms with Crippen molar-refractivity contribution >= 4 is 32.9 Å². The number of hydrogen-bond acceptors (Lipinski definition) is 14. The molecule has 4 bridgehead atoms. The molecule has 0 spiro atoms. The number of quaternary nitrogens is 1. The Balaban J connectivity index is 0.000000170. The zero-order valence-electron chi connectivity index (χ0n) is 40.1. The summed E-state index contributed by atoms with van der Waals surface area (Å²) >= 11 is 0. The normalized spacial score (nSPS) is 23.2. The third kappa shape index (κ3) is 14.8. The largest absolute Gasteiger partial charge is 0.724 e. The van der Waals surface area contributed by atoms with Gasteiger partial charge in [-0.25, -0.2) is 18.0 Å². The van der Waals surface area contributed by atoms with E-state index in [-0.39, 0.29) is 12.1 Å². The van der Waals surface area contributed by atoms with Gasteiger partial charge in [0.25, 0.3) is 0 Å². The number of hydrogen-bond donors (Lipinski definition) is 2. The van der Waals surface area contributed by atoms with Crippen LogP contribution in [0.3, 0.4) is 0 Å². The van der Waals surface area contributed by atoms with Crippen molar-refractivity contribution in [2.24, 2.45) is 11.8 Å². The minimum atomic E-state index is -4.98. The van der Waals surface area contributed by atoms with Crippen molar-refractivity contribution in [3.05, 3.63) is 35.0 Å². The molecule has 4 amide bonds. The fraction of sp³-hybridized carbons (Fsp3) is 0.822. The number of amides is 4. The van der Waals surface area contributed by atoms with Gasteiger partial charge in [0.05, 0.1) is 50.3 Å². The third-order valence-electron chi connectivity index (χ3n) is 14.5. The van der Waals surface area contributed by atoms with Crippen molar-refractivity contribution in [1.29, 1.82) is 0 Å². The minimum Gasteiger partial charge on any atom is -0.724 e. The zero-order chi connectivity index (χ0) is 48.2. The minimum absolute atomic E-state index is 0.276. The molecule has 6 fully saturated rings. The number of urea groups is 2. The van der Waals surface area contributed by atoms with Gasteiger partial charge in [-0.3, -0.25) is 4.55 Å². The fourth-order valence-corrected chi connectivity index (χ4v) is 10.9. The number of aryl methyl sites for hydroxylation is 2. The average molecular weight is 985 g/mol. The summed E-state index contributed by atoms with van der Waals surface area (Å²) < 4.78 is 84.1. The van der Waals surface area contributed by atoms with Crippen LogP contribution in [0.25, 0.3) is 0 Å². The zero-order valence-corrected chi connectivity index (χ0v) is 41.7. The van der Waals surface area contributed by atoms with Crippen molar-refractivity contribution in [2.75, 3.05) is 52.4 Å². The number of piperidine rings is 2. The molecule has 20 nitrogen and oxygen atoms in total. The summed E-state index contributed by atoms with van der Waals surface area (Å²) in [6.45, 7) is 17.7. The van der Waals surface area contributed by atoms with Gasteiger partial charge >= 0.3 is 22.5 Å². The van der Waals surface area contributed by atoms with Gasteiger partial charge in [0.15, 0.2) is 0 Å². The van der Waals surface area contributed by atoms with Crippen LogP contribution in [-0.4, -0.2) is 137 Å². The van der Waals surface area contributed by atoms with Gasteiger partial charge in [-0.2, -0.15) is 22.8 Å². The van der Waals surface area contributed by atoms with Crippen LogP contribution in [-0.2, 0) is 42.2 Å². The summed E-state index contributed by atoms with van der Waals surface area (Å²) in [5.74, 6) is 3.06. The van der Waals surface area contributed by atoms with E-state index in [1.807, 2.05) is 12.1 Å². The van der Waals surface area contributed by atoms with Gasteiger partial charge in [-0.1, -0.05) is 83.0 Å². The highest BCUT2D eigenvalue weighted by atomic mass is 32.3. The van der Waals surface area contributed by atoms with E-state index in [0.717, 1.165) is 61.3 Å². The summed E-state index contributed by atoms with van der Waals surface area (Å²) in [6, 6.07) is 1.15. The predicted octanol–water partition coefficient (Wildman–Crippen LogP) is 7.25. The Labute approximate surface area is 397 Å². The van der Waals surface area contributed by atoms with Gasteiger partial charge in [0.2, 0.25) is 10.4 Å². The Bertz CT molecular complexity index is 1930. The molecular formula is C45H76N8O12S2. The molecule has 2 aromatic rings. The van der Waals surface area contributed by atoms with Crippen LogP contribution in [0.1, 0.15) is 172 Å². The number of carbonyl (C=O) groups excluding carboxylic acids is 2. The summed E-state index contributed by atoms with van der Waals surface area (Å²) in [7, 11) is -9.71. The van der Waals surface area contributed by atoms with Crippen molar-refractivity contribution in [2.45, 2.75) is 174 Å². The smallest absolute Gasteiger partial charge is 0.418 e. The van der Waals surface area contributed by atoms with E-state index in [4.69, 9.17) is 13.6 Å². The highest BCUT2D eigenvalue weighted by Gasteiger charge is 2.49.